The molecule has 3 N–H and O–H groups in total. The van der Waals surface area contributed by atoms with Crippen LogP contribution in [-0.4, -0.2) is 43.9 Å². The molecule has 0 spiro atoms. The van der Waals surface area contributed by atoms with Gasteiger partial charge < -0.3 is 15.7 Å². The smallest absolute Gasteiger partial charge is 0.255 e. The zero-order valence-corrected chi connectivity index (χ0v) is 18.7. The molecule has 4 fully saturated rings. The first-order valence-corrected chi connectivity index (χ1v) is 11.1. The van der Waals surface area contributed by atoms with Crippen molar-refractivity contribution in [3.8, 4) is 0 Å². The predicted molar refractivity (Wildman–Crippen MR) is 113 cm³/mol. The molecule has 29 heavy (non-hydrogen) atoms. The SMILES string of the molecule is CC(=O)NC(C)(C)/C=C/n1ncc(C(=O)NC2C3CC4CC2CC(O)(C4)C3)c1Br. The van der Waals surface area contributed by atoms with Gasteiger partial charge in [0.2, 0.25) is 5.91 Å². The van der Waals surface area contributed by atoms with Gasteiger partial charge in [0.25, 0.3) is 5.91 Å². The maximum atomic E-state index is 13.0. The fourth-order valence-electron chi connectivity index (χ4n) is 5.80. The van der Waals surface area contributed by atoms with Crippen molar-refractivity contribution in [2.24, 2.45) is 17.8 Å². The van der Waals surface area contributed by atoms with Crippen LogP contribution >= 0.6 is 15.9 Å². The fourth-order valence-corrected chi connectivity index (χ4v) is 6.29. The quantitative estimate of drug-likeness (QED) is 0.623. The van der Waals surface area contributed by atoms with Crippen LogP contribution < -0.4 is 10.6 Å². The number of carbonyl (C=O) groups excluding carboxylic acids is 2. The maximum Gasteiger partial charge on any atom is 0.255 e. The second-order valence-corrected chi connectivity index (χ2v) is 10.5. The summed E-state index contributed by atoms with van der Waals surface area (Å²) >= 11 is 3.48. The lowest BCUT2D eigenvalue weighted by Crippen LogP contribution is -2.61. The zero-order chi connectivity index (χ0) is 21.0. The standard InChI is InChI=1S/C21H29BrN4O3/c1-12(27)25-20(2,3)4-5-26-18(22)16(11-23-26)19(28)24-17-14-6-13-7-15(17)10-21(29,8-13)9-14/h4-5,11,13-15,17,29H,6-10H2,1-3H3,(H,24,28)(H,25,27)/b5-4+. The van der Waals surface area contributed by atoms with E-state index in [1.54, 1.807) is 17.1 Å². The highest BCUT2D eigenvalue weighted by Gasteiger charge is 2.55. The van der Waals surface area contributed by atoms with Crippen LogP contribution in [0.3, 0.4) is 0 Å². The number of rotatable bonds is 5. The van der Waals surface area contributed by atoms with Gasteiger partial charge >= 0.3 is 0 Å². The molecule has 4 aliphatic rings. The molecule has 0 aliphatic heterocycles. The number of aliphatic hydroxyl groups is 1. The van der Waals surface area contributed by atoms with Gasteiger partial charge in [-0.05, 0) is 85.7 Å². The van der Waals surface area contributed by atoms with Gasteiger partial charge in [-0.25, -0.2) is 4.68 Å². The second-order valence-electron chi connectivity index (χ2n) is 9.71. The number of nitrogens with zero attached hydrogens (tertiary/aromatic N) is 2. The molecule has 4 bridgehead atoms. The summed E-state index contributed by atoms with van der Waals surface area (Å²) in [5.74, 6) is 1.09. The molecule has 4 aliphatic carbocycles. The molecule has 2 unspecified atom stereocenters. The van der Waals surface area contributed by atoms with Crippen LogP contribution in [0.25, 0.3) is 6.20 Å². The summed E-state index contributed by atoms with van der Waals surface area (Å²) in [6, 6.07) is 0.129. The summed E-state index contributed by atoms with van der Waals surface area (Å²) in [5, 5.41) is 21.1. The van der Waals surface area contributed by atoms with Crippen LogP contribution in [0, 0.1) is 17.8 Å². The Hall–Kier alpha value is -1.67. The third-order valence-electron chi connectivity index (χ3n) is 6.65. The average molecular weight is 465 g/mol. The van der Waals surface area contributed by atoms with Crippen LogP contribution in [0.2, 0.25) is 0 Å². The second kappa shape index (κ2) is 7.23. The Morgan fingerprint density at radius 1 is 1.31 bits per heavy atom. The Morgan fingerprint density at radius 2 is 1.97 bits per heavy atom. The number of hydrogen-bond donors (Lipinski definition) is 3. The molecule has 0 aromatic carbocycles. The lowest BCUT2D eigenvalue weighted by molar-refractivity contribution is -0.136. The Bertz CT molecular complexity index is 846. The molecule has 4 saturated carbocycles. The molecule has 7 nitrogen and oxygen atoms in total. The van der Waals surface area contributed by atoms with E-state index in [9.17, 15) is 14.7 Å². The molecule has 0 saturated heterocycles. The van der Waals surface area contributed by atoms with Crippen molar-refractivity contribution in [3.63, 3.8) is 0 Å². The Labute approximate surface area is 179 Å². The van der Waals surface area contributed by atoms with E-state index in [2.05, 4.69) is 31.7 Å². The minimum atomic E-state index is -0.527. The van der Waals surface area contributed by atoms with Gasteiger partial charge in [-0.1, -0.05) is 0 Å². The van der Waals surface area contributed by atoms with E-state index in [1.807, 2.05) is 19.9 Å². The number of carbonyl (C=O) groups is 2. The maximum absolute atomic E-state index is 13.0. The Balaban J connectivity index is 1.45. The van der Waals surface area contributed by atoms with E-state index in [4.69, 9.17) is 0 Å². The highest BCUT2D eigenvalue weighted by atomic mass is 79.9. The van der Waals surface area contributed by atoms with E-state index >= 15 is 0 Å². The third kappa shape index (κ3) is 4.14. The van der Waals surface area contributed by atoms with Crippen molar-refractivity contribution >= 4 is 33.9 Å². The molecule has 8 heteroatoms. The number of halogens is 1. The highest BCUT2D eigenvalue weighted by molar-refractivity contribution is 9.10. The summed E-state index contributed by atoms with van der Waals surface area (Å²) in [6.45, 7) is 5.25. The Morgan fingerprint density at radius 3 is 2.55 bits per heavy atom. The van der Waals surface area contributed by atoms with Crippen molar-refractivity contribution in [2.45, 2.75) is 70.1 Å². The molecule has 1 aromatic rings. The molecule has 2 atom stereocenters. The van der Waals surface area contributed by atoms with Gasteiger partial charge in [0.15, 0.2) is 0 Å². The number of aromatic nitrogens is 2. The number of hydrogen-bond acceptors (Lipinski definition) is 4. The molecule has 158 valence electrons. The normalized spacial score (nSPS) is 33.3. The first-order valence-electron chi connectivity index (χ1n) is 10.3. The van der Waals surface area contributed by atoms with Gasteiger partial charge in [-0.3, -0.25) is 9.59 Å². The average Bonchev–Trinajstić information content (AvgIpc) is 2.94. The van der Waals surface area contributed by atoms with Crippen LogP contribution in [0.15, 0.2) is 16.9 Å². The lowest BCUT2D eigenvalue weighted by atomic mass is 9.52. The van der Waals surface area contributed by atoms with E-state index in [0.29, 0.717) is 27.9 Å². The van der Waals surface area contributed by atoms with Gasteiger partial charge in [0.05, 0.1) is 22.9 Å². The van der Waals surface area contributed by atoms with Crippen molar-refractivity contribution in [1.29, 1.82) is 0 Å². The Kier molecular flexibility index (Phi) is 5.14. The molecule has 2 amide bonds. The van der Waals surface area contributed by atoms with Crippen molar-refractivity contribution < 1.29 is 14.7 Å². The van der Waals surface area contributed by atoms with Crippen LogP contribution in [0.5, 0.6) is 0 Å². The summed E-state index contributed by atoms with van der Waals surface area (Å²) in [5.41, 5.74) is -0.547. The summed E-state index contributed by atoms with van der Waals surface area (Å²) in [7, 11) is 0. The first-order chi connectivity index (χ1) is 13.6. The van der Waals surface area contributed by atoms with E-state index in [0.717, 1.165) is 32.1 Å². The lowest BCUT2D eigenvalue weighted by Gasteiger charge is -2.58. The molecule has 1 aromatic heterocycles. The summed E-state index contributed by atoms with van der Waals surface area (Å²) < 4.78 is 2.16. The van der Waals surface area contributed by atoms with Crippen LogP contribution in [-0.2, 0) is 4.79 Å². The van der Waals surface area contributed by atoms with E-state index in [-0.39, 0.29) is 17.9 Å². The van der Waals surface area contributed by atoms with Crippen molar-refractivity contribution in [3.05, 3.63) is 22.4 Å². The zero-order valence-electron chi connectivity index (χ0n) is 17.1. The molecular weight excluding hydrogens is 436 g/mol. The number of nitrogens with one attached hydrogen (secondary N) is 2. The highest BCUT2D eigenvalue weighted by Crippen LogP contribution is 2.55. The largest absolute Gasteiger partial charge is 0.390 e. The van der Waals surface area contributed by atoms with Crippen LogP contribution in [0.1, 0.15) is 63.2 Å². The van der Waals surface area contributed by atoms with E-state index in [1.165, 1.54) is 6.92 Å². The summed E-state index contributed by atoms with van der Waals surface area (Å²) in [4.78, 5) is 24.3. The van der Waals surface area contributed by atoms with Gasteiger partial charge in [-0.2, -0.15) is 5.10 Å². The fraction of sp³-hybridized carbons (Fsp3) is 0.667. The topological polar surface area (TPSA) is 96.2 Å². The van der Waals surface area contributed by atoms with Gasteiger partial charge in [-0.15, -0.1) is 0 Å². The minimum absolute atomic E-state index is 0.112. The van der Waals surface area contributed by atoms with E-state index < -0.39 is 11.1 Å². The molecule has 5 rings (SSSR count). The molecule has 0 radical (unpaired) electrons. The van der Waals surface area contributed by atoms with Gasteiger partial charge in [0.1, 0.15) is 4.60 Å². The van der Waals surface area contributed by atoms with Gasteiger partial charge in [0, 0.05) is 19.2 Å². The molecular formula is C21H29BrN4O3. The monoisotopic (exact) mass is 464 g/mol. The summed E-state index contributed by atoms with van der Waals surface area (Å²) in [6.07, 6.45) is 9.84. The third-order valence-corrected chi connectivity index (χ3v) is 7.44. The first kappa shape index (κ1) is 20.6. The predicted octanol–water partition coefficient (Wildman–Crippen LogP) is 2.70. The van der Waals surface area contributed by atoms with Crippen molar-refractivity contribution in [1.82, 2.24) is 20.4 Å². The molecule has 1 heterocycles. The minimum Gasteiger partial charge on any atom is -0.390 e. The van der Waals surface area contributed by atoms with Crippen LogP contribution in [0.4, 0.5) is 0 Å². The number of amides is 2. The van der Waals surface area contributed by atoms with Crippen molar-refractivity contribution in [2.75, 3.05) is 0 Å².